The summed E-state index contributed by atoms with van der Waals surface area (Å²) in [5.41, 5.74) is -3.51. The third-order valence-corrected chi connectivity index (χ3v) is 11.1. The van der Waals surface area contributed by atoms with Crippen molar-refractivity contribution in [2.24, 2.45) is 28.6 Å². The van der Waals surface area contributed by atoms with E-state index >= 15 is 0 Å². The lowest BCUT2D eigenvalue weighted by Crippen LogP contribution is -2.71. The second kappa shape index (κ2) is 9.68. The van der Waals surface area contributed by atoms with Crippen LogP contribution in [0.3, 0.4) is 0 Å². The molecule has 0 aliphatic heterocycles. The van der Waals surface area contributed by atoms with Crippen LogP contribution < -0.4 is 0 Å². The molecule has 210 valence electrons. The minimum atomic E-state index is -5.95. The van der Waals surface area contributed by atoms with Crippen molar-refractivity contribution in [1.82, 2.24) is 0 Å². The molecule has 0 radical (unpaired) electrons. The van der Waals surface area contributed by atoms with E-state index in [-0.39, 0.29) is 11.8 Å². The van der Waals surface area contributed by atoms with Crippen LogP contribution >= 0.6 is 0 Å². The van der Waals surface area contributed by atoms with Crippen LogP contribution in [0.5, 0.6) is 0 Å². The third-order valence-electron chi connectivity index (χ3n) is 10.2. The molecule has 0 aromatic carbocycles. The van der Waals surface area contributed by atoms with Crippen molar-refractivity contribution in [3.05, 3.63) is 0 Å². The average molecular weight is 543 g/mol. The normalized spacial score (nSPS) is 33.6. The summed E-state index contributed by atoms with van der Waals surface area (Å²) in [4.78, 5) is 13.5. The van der Waals surface area contributed by atoms with Crippen molar-refractivity contribution in [2.45, 2.75) is 115 Å². The van der Waals surface area contributed by atoms with Gasteiger partial charge in [-0.3, -0.25) is 9.35 Å². The van der Waals surface area contributed by atoms with Gasteiger partial charge in [0.1, 0.15) is 0 Å². The van der Waals surface area contributed by atoms with E-state index in [0.717, 1.165) is 12.8 Å². The fraction of sp³-hybridized carbons (Fsp3) is 0.960. The van der Waals surface area contributed by atoms with Crippen LogP contribution in [0.15, 0.2) is 0 Å². The summed E-state index contributed by atoms with van der Waals surface area (Å²) < 4.78 is 76.5. The molecule has 6 atom stereocenters. The van der Waals surface area contributed by atoms with E-state index in [1.165, 1.54) is 0 Å². The molecule has 4 rings (SSSR count). The molecule has 4 aliphatic carbocycles. The van der Waals surface area contributed by atoms with E-state index in [1.807, 2.05) is 27.7 Å². The van der Waals surface area contributed by atoms with E-state index < -0.39 is 68.5 Å². The Balaban J connectivity index is 1.91. The van der Waals surface area contributed by atoms with Gasteiger partial charge >= 0.3 is 21.3 Å². The zero-order valence-corrected chi connectivity index (χ0v) is 22.4. The standard InChI is InChI=1S/C25H41F3O7S/c1-5-23(30,6-2)21-12-16-11-17(14-21)19(22(13-16,15-21)24(31,7-3)8-4)20(29)35-10-9-18(26)25(27,28)36(32,33)34/h16-19,30-31H,5-15H2,1-4H3,(H,32,33,34). The van der Waals surface area contributed by atoms with Crippen molar-refractivity contribution < 1.29 is 45.9 Å². The Labute approximate surface area is 211 Å². The molecule has 4 bridgehead atoms. The molecule has 4 fully saturated rings. The summed E-state index contributed by atoms with van der Waals surface area (Å²) in [6, 6.07) is 0. The number of carbonyl (C=O) groups excluding carboxylic acids is 1. The molecule has 0 saturated heterocycles. The molecule has 0 aromatic heterocycles. The summed E-state index contributed by atoms with van der Waals surface area (Å²) >= 11 is 0. The highest BCUT2D eigenvalue weighted by molar-refractivity contribution is 7.86. The number of carbonyl (C=O) groups is 1. The number of rotatable bonds is 12. The number of ether oxygens (including phenoxy) is 1. The third kappa shape index (κ3) is 4.29. The SMILES string of the molecule is CCC(O)(CC)C12CC3CC(C1)C(C(=O)OCCC(F)C(F)(F)S(=O)(=O)O)C(C(O)(CC)CC)(C3)C2. The van der Waals surface area contributed by atoms with Crippen molar-refractivity contribution >= 4 is 16.1 Å². The van der Waals surface area contributed by atoms with Gasteiger partial charge in [-0.1, -0.05) is 27.7 Å². The van der Waals surface area contributed by atoms with Crippen LogP contribution in [0.25, 0.3) is 0 Å². The lowest BCUT2D eigenvalue weighted by atomic mass is 9.34. The Hall–Kier alpha value is -0.910. The highest BCUT2D eigenvalue weighted by atomic mass is 32.2. The summed E-state index contributed by atoms with van der Waals surface area (Å²) in [6.45, 7) is 6.82. The summed E-state index contributed by atoms with van der Waals surface area (Å²) in [6.07, 6.45) is 0.657. The summed E-state index contributed by atoms with van der Waals surface area (Å²) in [7, 11) is -5.95. The predicted octanol–water partition coefficient (Wildman–Crippen LogP) is 4.65. The number of hydrogen-bond donors (Lipinski definition) is 3. The molecule has 11 heteroatoms. The molecular weight excluding hydrogens is 501 g/mol. The van der Waals surface area contributed by atoms with E-state index in [1.54, 1.807) is 0 Å². The fourth-order valence-corrected chi connectivity index (χ4v) is 8.85. The molecule has 7 nitrogen and oxygen atoms in total. The van der Waals surface area contributed by atoms with Gasteiger partial charge in [0.2, 0.25) is 0 Å². The first kappa shape index (κ1) is 29.6. The topological polar surface area (TPSA) is 121 Å². The molecular formula is C25H41F3O7S. The number of esters is 1. The van der Waals surface area contributed by atoms with Crippen LogP contribution in [0.1, 0.15) is 91.9 Å². The quantitative estimate of drug-likeness (QED) is 0.242. The van der Waals surface area contributed by atoms with Crippen LogP contribution in [-0.2, 0) is 19.6 Å². The first-order valence-corrected chi connectivity index (χ1v) is 14.6. The number of aliphatic hydroxyl groups is 2. The Morgan fingerprint density at radius 3 is 2.08 bits per heavy atom. The predicted molar refractivity (Wildman–Crippen MR) is 126 cm³/mol. The number of alkyl halides is 3. The molecule has 6 unspecified atom stereocenters. The van der Waals surface area contributed by atoms with Crippen LogP contribution in [0.4, 0.5) is 13.2 Å². The van der Waals surface area contributed by atoms with Gasteiger partial charge in [-0.2, -0.15) is 17.2 Å². The molecule has 0 heterocycles. The van der Waals surface area contributed by atoms with Gasteiger partial charge < -0.3 is 14.9 Å². The largest absolute Gasteiger partial charge is 0.465 e. The van der Waals surface area contributed by atoms with Crippen molar-refractivity contribution in [3.63, 3.8) is 0 Å². The Morgan fingerprint density at radius 2 is 1.58 bits per heavy atom. The number of hydrogen-bond acceptors (Lipinski definition) is 6. The minimum absolute atomic E-state index is 0.187. The van der Waals surface area contributed by atoms with E-state index in [4.69, 9.17) is 9.29 Å². The number of halogens is 3. The van der Waals surface area contributed by atoms with Gasteiger partial charge in [0, 0.05) is 17.3 Å². The van der Waals surface area contributed by atoms with Gasteiger partial charge in [-0.05, 0) is 69.6 Å². The van der Waals surface area contributed by atoms with Crippen molar-refractivity contribution in [2.75, 3.05) is 6.61 Å². The van der Waals surface area contributed by atoms with E-state index in [0.29, 0.717) is 44.9 Å². The molecule has 36 heavy (non-hydrogen) atoms. The van der Waals surface area contributed by atoms with Gasteiger partial charge in [0.05, 0.1) is 23.7 Å². The maximum atomic E-state index is 13.9. The highest BCUT2D eigenvalue weighted by Gasteiger charge is 2.72. The lowest BCUT2D eigenvalue weighted by molar-refractivity contribution is -0.280. The summed E-state index contributed by atoms with van der Waals surface area (Å²) in [5.74, 6) is -1.42. The fourth-order valence-electron chi connectivity index (χ4n) is 8.41. The molecule has 3 N–H and O–H groups in total. The van der Waals surface area contributed by atoms with Crippen molar-refractivity contribution in [3.8, 4) is 0 Å². The van der Waals surface area contributed by atoms with Crippen molar-refractivity contribution in [1.29, 1.82) is 0 Å². The first-order valence-electron chi connectivity index (χ1n) is 13.1. The maximum absolute atomic E-state index is 13.9. The molecule has 0 spiro atoms. The summed E-state index contributed by atoms with van der Waals surface area (Å²) in [5, 5.41) is 18.6. The maximum Gasteiger partial charge on any atom is 0.400 e. The molecule has 4 aliphatic rings. The van der Waals surface area contributed by atoms with E-state index in [2.05, 4.69) is 0 Å². The Bertz CT molecular complexity index is 934. The Morgan fingerprint density at radius 1 is 1.03 bits per heavy atom. The average Bonchev–Trinajstić information content (AvgIpc) is 2.81. The molecule has 0 aromatic rings. The lowest BCUT2D eigenvalue weighted by Gasteiger charge is -2.71. The molecule has 0 amide bonds. The molecule has 4 saturated carbocycles. The Kier molecular flexibility index (Phi) is 7.97. The smallest absolute Gasteiger partial charge is 0.400 e. The second-order valence-electron chi connectivity index (χ2n) is 11.5. The first-order chi connectivity index (χ1) is 16.5. The van der Waals surface area contributed by atoms with Crippen LogP contribution in [0.2, 0.25) is 0 Å². The van der Waals surface area contributed by atoms with E-state index in [9.17, 15) is 36.6 Å². The monoisotopic (exact) mass is 542 g/mol. The van der Waals surface area contributed by atoms with Gasteiger partial charge in [0.25, 0.3) is 0 Å². The highest BCUT2D eigenvalue weighted by Crippen LogP contribution is 2.74. The van der Waals surface area contributed by atoms with Gasteiger partial charge in [-0.15, -0.1) is 0 Å². The van der Waals surface area contributed by atoms with Gasteiger partial charge in [-0.25, -0.2) is 4.39 Å². The van der Waals surface area contributed by atoms with Gasteiger partial charge in [0.15, 0.2) is 6.17 Å². The second-order valence-corrected chi connectivity index (χ2v) is 13.0. The van der Waals surface area contributed by atoms with Crippen LogP contribution in [-0.4, -0.2) is 58.4 Å². The zero-order valence-electron chi connectivity index (χ0n) is 21.6. The zero-order chi connectivity index (χ0) is 27.4. The minimum Gasteiger partial charge on any atom is -0.465 e. The van der Waals surface area contributed by atoms with Crippen LogP contribution in [0, 0.1) is 28.6 Å².